The first kappa shape index (κ1) is 15.5. The standard InChI is InChI=1S/C19H22N2O2S/c1-23-15-6-4-14(5-7-15)20-8-10-21(11-9-20)19(22)17-13-16(17)18-3-2-12-24-18/h2-7,12,16-17H,8-11,13H2,1H3. The van der Waals surface area contributed by atoms with Crippen molar-refractivity contribution < 1.29 is 9.53 Å². The number of carbonyl (C=O) groups is 1. The molecule has 0 bridgehead atoms. The normalized spacial score (nSPS) is 23.2. The Hall–Kier alpha value is -2.01. The molecule has 24 heavy (non-hydrogen) atoms. The third-order valence-electron chi connectivity index (χ3n) is 5.05. The minimum absolute atomic E-state index is 0.219. The minimum atomic E-state index is 0.219. The molecule has 1 saturated heterocycles. The van der Waals surface area contributed by atoms with Gasteiger partial charge in [0.15, 0.2) is 0 Å². The van der Waals surface area contributed by atoms with Crippen molar-refractivity contribution >= 4 is 22.9 Å². The van der Waals surface area contributed by atoms with Crippen LogP contribution in [0.4, 0.5) is 5.69 Å². The lowest BCUT2D eigenvalue weighted by Crippen LogP contribution is -2.49. The largest absolute Gasteiger partial charge is 0.497 e. The van der Waals surface area contributed by atoms with Gasteiger partial charge >= 0.3 is 0 Å². The summed E-state index contributed by atoms with van der Waals surface area (Å²) < 4.78 is 5.21. The van der Waals surface area contributed by atoms with Crippen LogP contribution in [0, 0.1) is 5.92 Å². The number of rotatable bonds is 4. The van der Waals surface area contributed by atoms with E-state index in [0.717, 1.165) is 38.3 Å². The molecule has 4 rings (SSSR count). The molecule has 2 unspecified atom stereocenters. The molecule has 1 aromatic heterocycles. The number of anilines is 1. The topological polar surface area (TPSA) is 32.8 Å². The molecule has 2 atom stereocenters. The third-order valence-corrected chi connectivity index (χ3v) is 6.05. The van der Waals surface area contributed by atoms with Gasteiger partial charge in [0.1, 0.15) is 5.75 Å². The van der Waals surface area contributed by atoms with Crippen LogP contribution >= 0.6 is 11.3 Å². The van der Waals surface area contributed by atoms with Crippen LogP contribution in [0.15, 0.2) is 41.8 Å². The Morgan fingerprint density at radius 2 is 1.88 bits per heavy atom. The Labute approximate surface area is 146 Å². The predicted octanol–water partition coefficient (Wildman–Crippen LogP) is 3.21. The maximum absolute atomic E-state index is 12.7. The number of piperazine rings is 1. The molecule has 126 valence electrons. The molecule has 0 radical (unpaired) electrons. The number of methoxy groups -OCH3 is 1. The Morgan fingerprint density at radius 1 is 1.12 bits per heavy atom. The molecular formula is C19H22N2O2S. The molecule has 2 fully saturated rings. The Morgan fingerprint density at radius 3 is 2.50 bits per heavy atom. The van der Waals surface area contributed by atoms with Crippen LogP contribution in [0.1, 0.15) is 17.2 Å². The van der Waals surface area contributed by atoms with Crippen molar-refractivity contribution in [3.8, 4) is 5.75 Å². The zero-order chi connectivity index (χ0) is 16.5. The zero-order valence-corrected chi connectivity index (χ0v) is 14.7. The first-order chi connectivity index (χ1) is 11.8. The van der Waals surface area contributed by atoms with Crippen LogP contribution in [0.3, 0.4) is 0 Å². The monoisotopic (exact) mass is 342 g/mol. The van der Waals surface area contributed by atoms with Crippen LogP contribution in [0.2, 0.25) is 0 Å². The maximum atomic E-state index is 12.7. The van der Waals surface area contributed by atoms with Crippen molar-refractivity contribution in [3.05, 3.63) is 46.7 Å². The van der Waals surface area contributed by atoms with Crippen molar-refractivity contribution in [2.45, 2.75) is 12.3 Å². The highest BCUT2D eigenvalue weighted by Gasteiger charge is 2.46. The molecule has 1 aromatic carbocycles. The fraction of sp³-hybridized carbons (Fsp3) is 0.421. The first-order valence-electron chi connectivity index (χ1n) is 8.47. The number of thiophene rings is 1. The molecule has 5 heteroatoms. The minimum Gasteiger partial charge on any atom is -0.497 e. The molecule has 2 aliphatic rings. The fourth-order valence-electron chi connectivity index (χ4n) is 3.50. The van der Waals surface area contributed by atoms with Gasteiger partial charge in [-0.2, -0.15) is 0 Å². The number of ether oxygens (including phenoxy) is 1. The van der Waals surface area contributed by atoms with E-state index in [1.807, 2.05) is 12.1 Å². The number of nitrogens with zero attached hydrogens (tertiary/aromatic N) is 2. The lowest BCUT2D eigenvalue weighted by molar-refractivity contribution is -0.132. The SMILES string of the molecule is COc1ccc(N2CCN(C(=O)C3CC3c3cccs3)CC2)cc1. The van der Waals surface area contributed by atoms with Crippen molar-refractivity contribution in [2.24, 2.45) is 5.92 Å². The quantitative estimate of drug-likeness (QED) is 0.855. The van der Waals surface area contributed by atoms with E-state index in [1.165, 1.54) is 10.6 Å². The summed E-state index contributed by atoms with van der Waals surface area (Å²) in [5, 5.41) is 2.10. The van der Waals surface area contributed by atoms with Crippen LogP contribution in [0.5, 0.6) is 5.75 Å². The van der Waals surface area contributed by atoms with Crippen molar-refractivity contribution in [1.29, 1.82) is 0 Å². The van der Waals surface area contributed by atoms with E-state index >= 15 is 0 Å². The number of hydrogen-bond acceptors (Lipinski definition) is 4. The van der Waals surface area contributed by atoms with E-state index in [-0.39, 0.29) is 5.92 Å². The fourth-order valence-corrected chi connectivity index (χ4v) is 4.40. The van der Waals surface area contributed by atoms with Crippen LogP contribution in [0.25, 0.3) is 0 Å². The summed E-state index contributed by atoms with van der Waals surface area (Å²) in [5.74, 6) is 1.91. The van der Waals surface area contributed by atoms with Gasteiger partial charge in [-0.1, -0.05) is 6.07 Å². The summed E-state index contributed by atoms with van der Waals surface area (Å²) in [5.41, 5.74) is 1.20. The third kappa shape index (κ3) is 3.00. The molecule has 1 aliphatic carbocycles. The average molecular weight is 342 g/mol. The lowest BCUT2D eigenvalue weighted by Gasteiger charge is -2.36. The lowest BCUT2D eigenvalue weighted by atomic mass is 10.2. The first-order valence-corrected chi connectivity index (χ1v) is 9.35. The second-order valence-electron chi connectivity index (χ2n) is 6.47. The van der Waals surface area contributed by atoms with Gasteiger partial charge in [-0.05, 0) is 42.1 Å². The van der Waals surface area contributed by atoms with Gasteiger partial charge in [0.05, 0.1) is 7.11 Å². The summed E-state index contributed by atoms with van der Waals surface area (Å²) in [7, 11) is 1.68. The molecule has 1 amide bonds. The summed E-state index contributed by atoms with van der Waals surface area (Å²) in [6, 6.07) is 12.4. The van der Waals surface area contributed by atoms with E-state index < -0.39 is 0 Å². The van der Waals surface area contributed by atoms with Crippen LogP contribution < -0.4 is 9.64 Å². The molecule has 0 N–H and O–H groups in total. The average Bonchev–Trinajstić information content (AvgIpc) is 3.26. The second-order valence-corrected chi connectivity index (χ2v) is 7.45. The van der Waals surface area contributed by atoms with Crippen LogP contribution in [-0.4, -0.2) is 44.1 Å². The van der Waals surface area contributed by atoms with E-state index in [4.69, 9.17) is 4.74 Å². The van der Waals surface area contributed by atoms with Gasteiger partial charge in [0, 0.05) is 48.6 Å². The number of benzene rings is 1. The van der Waals surface area contributed by atoms with Gasteiger partial charge in [-0.25, -0.2) is 0 Å². The Balaban J connectivity index is 1.32. The highest BCUT2D eigenvalue weighted by Crippen LogP contribution is 2.50. The van der Waals surface area contributed by atoms with E-state index in [1.54, 1.807) is 18.4 Å². The molecule has 4 nitrogen and oxygen atoms in total. The Kier molecular flexibility index (Phi) is 4.19. The summed E-state index contributed by atoms with van der Waals surface area (Å²) in [6.07, 6.45) is 1.03. The highest BCUT2D eigenvalue weighted by molar-refractivity contribution is 7.10. The van der Waals surface area contributed by atoms with Gasteiger partial charge in [0.25, 0.3) is 0 Å². The van der Waals surface area contributed by atoms with Gasteiger partial charge in [0.2, 0.25) is 5.91 Å². The zero-order valence-electron chi connectivity index (χ0n) is 13.9. The second kappa shape index (κ2) is 6.48. The number of amides is 1. The van der Waals surface area contributed by atoms with Gasteiger partial charge in [-0.15, -0.1) is 11.3 Å². The van der Waals surface area contributed by atoms with E-state index in [0.29, 0.717) is 11.8 Å². The van der Waals surface area contributed by atoms with Crippen molar-refractivity contribution in [1.82, 2.24) is 4.90 Å². The van der Waals surface area contributed by atoms with Gasteiger partial charge < -0.3 is 14.5 Å². The predicted molar refractivity (Wildman–Crippen MR) is 97.0 cm³/mol. The van der Waals surface area contributed by atoms with Gasteiger partial charge in [-0.3, -0.25) is 4.79 Å². The number of hydrogen-bond donors (Lipinski definition) is 0. The molecule has 2 heterocycles. The molecular weight excluding hydrogens is 320 g/mol. The summed E-state index contributed by atoms with van der Waals surface area (Å²) >= 11 is 1.77. The molecule has 1 aliphatic heterocycles. The smallest absolute Gasteiger partial charge is 0.226 e. The molecule has 2 aromatic rings. The molecule has 0 spiro atoms. The maximum Gasteiger partial charge on any atom is 0.226 e. The Bertz CT molecular complexity index is 691. The van der Waals surface area contributed by atoms with Crippen molar-refractivity contribution in [2.75, 3.05) is 38.2 Å². The highest BCUT2D eigenvalue weighted by atomic mass is 32.1. The molecule has 1 saturated carbocycles. The van der Waals surface area contributed by atoms with E-state index in [9.17, 15) is 4.79 Å². The van der Waals surface area contributed by atoms with E-state index in [2.05, 4.69) is 39.4 Å². The van der Waals surface area contributed by atoms with Crippen LogP contribution in [-0.2, 0) is 4.79 Å². The van der Waals surface area contributed by atoms with Crippen molar-refractivity contribution in [3.63, 3.8) is 0 Å². The summed E-state index contributed by atoms with van der Waals surface area (Å²) in [6.45, 7) is 3.43. The number of carbonyl (C=O) groups excluding carboxylic acids is 1. The summed E-state index contributed by atoms with van der Waals surface area (Å²) in [4.78, 5) is 18.4.